The summed E-state index contributed by atoms with van der Waals surface area (Å²) in [5.41, 5.74) is 0.124. The Balaban J connectivity index is 2.49. The molecule has 1 atom stereocenters. The van der Waals surface area contributed by atoms with Crippen LogP contribution in [0.25, 0.3) is 0 Å². The molecular weight excluding hydrogens is 218 g/mol. The molecule has 0 aliphatic carbocycles. The first-order valence-electron chi connectivity index (χ1n) is 5.85. The van der Waals surface area contributed by atoms with E-state index in [4.69, 9.17) is 0 Å². The molecule has 0 amide bonds. The van der Waals surface area contributed by atoms with Gasteiger partial charge < -0.3 is 10.6 Å². The highest BCUT2D eigenvalue weighted by atomic mass is 32.1. The lowest BCUT2D eigenvalue weighted by atomic mass is 10.1. The van der Waals surface area contributed by atoms with Gasteiger partial charge >= 0.3 is 0 Å². The normalized spacial score (nSPS) is 14.1. The fraction of sp³-hybridized carbons (Fsp3) is 0.750. The first-order chi connectivity index (χ1) is 7.48. The largest absolute Gasteiger partial charge is 0.314 e. The highest BCUT2D eigenvalue weighted by Crippen LogP contribution is 2.20. The van der Waals surface area contributed by atoms with Crippen LogP contribution in [0.4, 0.5) is 0 Å². The fourth-order valence-electron chi connectivity index (χ4n) is 1.27. The zero-order chi connectivity index (χ0) is 12.2. The van der Waals surface area contributed by atoms with Crippen molar-refractivity contribution in [3.63, 3.8) is 0 Å². The monoisotopic (exact) mass is 241 g/mol. The van der Waals surface area contributed by atoms with Crippen LogP contribution in [0.15, 0.2) is 6.20 Å². The predicted octanol–water partition coefficient (Wildman–Crippen LogP) is 2.35. The van der Waals surface area contributed by atoms with Crippen molar-refractivity contribution in [1.29, 1.82) is 0 Å². The van der Waals surface area contributed by atoms with Crippen LogP contribution in [0, 0.1) is 0 Å². The van der Waals surface area contributed by atoms with E-state index in [1.54, 1.807) is 11.3 Å². The highest BCUT2D eigenvalue weighted by Gasteiger charge is 2.17. The predicted molar refractivity (Wildman–Crippen MR) is 71.0 cm³/mol. The lowest BCUT2D eigenvalue weighted by Crippen LogP contribution is -2.46. The van der Waals surface area contributed by atoms with Gasteiger partial charge in [-0.3, -0.25) is 0 Å². The number of nitrogens with one attached hydrogen (secondary N) is 2. The minimum Gasteiger partial charge on any atom is -0.314 e. The van der Waals surface area contributed by atoms with E-state index in [1.165, 1.54) is 9.88 Å². The minimum absolute atomic E-state index is 0.124. The number of likely N-dealkylation sites (N-methyl/N-ethyl adjacent to an activating group) is 1. The maximum atomic E-state index is 4.45. The average molecular weight is 241 g/mol. The number of hydrogen-bond donors (Lipinski definition) is 2. The van der Waals surface area contributed by atoms with Crippen molar-refractivity contribution in [2.75, 3.05) is 13.6 Å². The van der Waals surface area contributed by atoms with Gasteiger partial charge in [-0.2, -0.15) is 0 Å². The summed E-state index contributed by atoms with van der Waals surface area (Å²) in [4.78, 5) is 5.81. The second-order valence-corrected chi connectivity index (χ2v) is 5.90. The molecule has 0 aromatic carbocycles. The van der Waals surface area contributed by atoms with Crippen LogP contribution in [0.5, 0.6) is 0 Å². The molecule has 0 bridgehead atoms. The minimum atomic E-state index is 0.124. The summed E-state index contributed by atoms with van der Waals surface area (Å²) in [6, 6.07) is 0.331. The van der Waals surface area contributed by atoms with E-state index in [1.807, 2.05) is 13.2 Å². The molecule has 1 aromatic heterocycles. The molecule has 0 aliphatic heterocycles. The Labute approximate surface area is 103 Å². The van der Waals surface area contributed by atoms with Crippen LogP contribution >= 0.6 is 11.3 Å². The van der Waals surface area contributed by atoms with Gasteiger partial charge in [0, 0.05) is 23.2 Å². The van der Waals surface area contributed by atoms with Crippen LogP contribution in [0.3, 0.4) is 0 Å². The molecule has 0 fully saturated rings. The van der Waals surface area contributed by atoms with Crippen LogP contribution in [-0.4, -0.2) is 24.1 Å². The molecule has 2 N–H and O–H groups in total. The van der Waals surface area contributed by atoms with Crippen molar-refractivity contribution in [2.45, 2.75) is 45.7 Å². The van der Waals surface area contributed by atoms with E-state index in [0.29, 0.717) is 6.04 Å². The van der Waals surface area contributed by atoms with E-state index in [9.17, 15) is 0 Å². The molecule has 1 rings (SSSR count). The average Bonchev–Trinajstić information content (AvgIpc) is 2.74. The van der Waals surface area contributed by atoms with Crippen molar-refractivity contribution in [3.05, 3.63) is 16.1 Å². The Bertz CT molecular complexity index is 320. The van der Waals surface area contributed by atoms with Gasteiger partial charge in [-0.15, -0.1) is 11.3 Å². The number of thiazole rings is 1. The zero-order valence-corrected chi connectivity index (χ0v) is 11.7. The van der Waals surface area contributed by atoms with E-state index in [-0.39, 0.29) is 5.54 Å². The molecule has 1 heterocycles. The molecule has 0 spiro atoms. The fourth-order valence-corrected chi connectivity index (χ4v) is 2.15. The Hall–Kier alpha value is -0.450. The summed E-state index contributed by atoms with van der Waals surface area (Å²) in [6.45, 7) is 9.65. The van der Waals surface area contributed by atoms with E-state index in [0.717, 1.165) is 13.0 Å². The van der Waals surface area contributed by atoms with E-state index >= 15 is 0 Å². The van der Waals surface area contributed by atoms with Gasteiger partial charge in [0.15, 0.2) is 0 Å². The second-order valence-electron chi connectivity index (χ2n) is 4.75. The molecule has 1 unspecified atom stereocenters. The second kappa shape index (κ2) is 5.75. The van der Waals surface area contributed by atoms with Crippen molar-refractivity contribution >= 4 is 11.3 Å². The molecule has 3 nitrogen and oxygen atoms in total. The van der Waals surface area contributed by atoms with Crippen LogP contribution < -0.4 is 10.6 Å². The maximum Gasteiger partial charge on any atom is 0.109 e. The van der Waals surface area contributed by atoms with Crippen molar-refractivity contribution in [3.8, 4) is 0 Å². The van der Waals surface area contributed by atoms with Crippen molar-refractivity contribution in [1.82, 2.24) is 15.6 Å². The number of aromatic nitrogens is 1. The van der Waals surface area contributed by atoms with Crippen LogP contribution in [0.1, 0.15) is 43.6 Å². The molecule has 0 saturated heterocycles. The zero-order valence-electron chi connectivity index (χ0n) is 10.9. The summed E-state index contributed by atoms with van der Waals surface area (Å²) in [5, 5.41) is 7.98. The van der Waals surface area contributed by atoms with Gasteiger partial charge in [0.2, 0.25) is 0 Å². The molecular formula is C12H23N3S. The third-order valence-electron chi connectivity index (χ3n) is 2.82. The topological polar surface area (TPSA) is 37.0 Å². The lowest BCUT2D eigenvalue weighted by Gasteiger charge is -2.26. The Morgan fingerprint density at radius 2 is 2.19 bits per heavy atom. The molecule has 0 radical (unpaired) electrons. The highest BCUT2D eigenvalue weighted by molar-refractivity contribution is 7.11. The van der Waals surface area contributed by atoms with Gasteiger partial charge in [0.1, 0.15) is 5.01 Å². The third kappa shape index (κ3) is 3.85. The van der Waals surface area contributed by atoms with E-state index in [2.05, 4.69) is 43.3 Å². The van der Waals surface area contributed by atoms with Gasteiger partial charge in [0.25, 0.3) is 0 Å². The quantitative estimate of drug-likeness (QED) is 0.803. The Morgan fingerprint density at radius 1 is 1.50 bits per heavy atom. The first kappa shape index (κ1) is 13.6. The van der Waals surface area contributed by atoms with Crippen LogP contribution in [-0.2, 0) is 6.42 Å². The molecule has 16 heavy (non-hydrogen) atoms. The maximum absolute atomic E-state index is 4.45. The Kier molecular flexibility index (Phi) is 4.89. The van der Waals surface area contributed by atoms with Crippen LogP contribution in [0.2, 0.25) is 0 Å². The molecule has 0 aliphatic rings. The number of nitrogens with zero attached hydrogens (tertiary/aromatic N) is 1. The molecule has 0 saturated carbocycles. The Morgan fingerprint density at radius 3 is 2.69 bits per heavy atom. The summed E-state index contributed by atoms with van der Waals surface area (Å²) < 4.78 is 0. The summed E-state index contributed by atoms with van der Waals surface area (Å²) >= 11 is 1.81. The SMILES string of the molecule is CCc1cnc(C(C)NCC(C)(C)NC)s1. The number of aryl methyl sites for hydroxylation is 1. The first-order valence-corrected chi connectivity index (χ1v) is 6.67. The summed E-state index contributed by atoms with van der Waals surface area (Å²) in [7, 11) is 1.99. The smallest absolute Gasteiger partial charge is 0.109 e. The standard InChI is InChI=1S/C12H23N3S/c1-6-10-7-14-11(16-10)9(2)15-8-12(3,4)13-5/h7,9,13,15H,6,8H2,1-5H3. The molecule has 92 valence electrons. The van der Waals surface area contributed by atoms with Gasteiger partial charge in [-0.25, -0.2) is 4.98 Å². The van der Waals surface area contributed by atoms with Crippen molar-refractivity contribution in [2.24, 2.45) is 0 Å². The van der Waals surface area contributed by atoms with Crippen molar-refractivity contribution < 1.29 is 0 Å². The third-order valence-corrected chi connectivity index (χ3v) is 4.14. The molecule has 1 aromatic rings. The number of rotatable bonds is 6. The summed E-state index contributed by atoms with van der Waals surface area (Å²) in [6.07, 6.45) is 3.06. The molecule has 4 heteroatoms. The lowest BCUT2D eigenvalue weighted by molar-refractivity contribution is 0.374. The van der Waals surface area contributed by atoms with Gasteiger partial charge in [0.05, 0.1) is 6.04 Å². The van der Waals surface area contributed by atoms with Gasteiger partial charge in [-0.05, 0) is 34.2 Å². The van der Waals surface area contributed by atoms with Gasteiger partial charge in [-0.1, -0.05) is 6.92 Å². The number of hydrogen-bond acceptors (Lipinski definition) is 4. The summed E-state index contributed by atoms with van der Waals surface area (Å²) in [5.74, 6) is 0. The van der Waals surface area contributed by atoms with E-state index < -0.39 is 0 Å².